The maximum atomic E-state index is 6.35. The van der Waals surface area contributed by atoms with E-state index < -0.39 is 0 Å². The van der Waals surface area contributed by atoms with Crippen molar-refractivity contribution < 1.29 is 0 Å². The monoisotopic (exact) mass is 355 g/mol. The maximum Gasteiger partial charge on any atom is 0.164 e. The summed E-state index contributed by atoms with van der Waals surface area (Å²) in [7, 11) is 0. The topological polar surface area (TPSA) is 30.2 Å². The molecule has 0 spiro atoms. The van der Waals surface area contributed by atoms with E-state index in [2.05, 4.69) is 40.8 Å². The number of aryl methyl sites for hydroxylation is 1. The lowest BCUT2D eigenvalue weighted by molar-refractivity contribution is 0.943. The van der Waals surface area contributed by atoms with Gasteiger partial charge in [-0.2, -0.15) is 0 Å². The van der Waals surface area contributed by atoms with Crippen LogP contribution in [0.3, 0.4) is 0 Å². The van der Waals surface area contributed by atoms with E-state index in [1.165, 1.54) is 0 Å². The minimum atomic E-state index is 0.732. The Kier molecular flexibility index (Phi) is 2.78. The molecule has 0 fully saturated rings. The predicted octanol–water partition coefficient (Wildman–Crippen LogP) is 5.80. The number of hydrogen-bond donors (Lipinski definition) is 0. The van der Waals surface area contributed by atoms with Crippen LogP contribution in [0, 0.1) is 0 Å². The molecule has 5 aromatic rings. The molecule has 3 heterocycles. The predicted molar refractivity (Wildman–Crippen MR) is 108 cm³/mol. The highest BCUT2D eigenvalue weighted by atomic mass is 35.5. The molecule has 0 radical (unpaired) electrons. The summed E-state index contributed by atoms with van der Waals surface area (Å²) in [5.41, 5.74) is 6.27. The van der Waals surface area contributed by atoms with Gasteiger partial charge in [0.2, 0.25) is 0 Å². The van der Waals surface area contributed by atoms with Gasteiger partial charge in [0.15, 0.2) is 5.65 Å². The van der Waals surface area contributed by atoms with Crippen molar-refractivity contribution >= 4 is 56.0 Å². The largest absolute Gasteiger partial charge is 0.291 e. The first-order chi connectivity index (χ1) is 12.8. The van der Waals surface area contributed by atoms with E-state index in [0.717, 1.165) is 67.6 Å². The van der Waals surface area contributed by atoms with E-state index in [9.17, 15) is 0 Å². The van der Waals surface area contributed by atoms with Crippen molar-refractivity contribution in [3.8, 4) is 0 Å². The van der Waals surface area contributed by atoms with Gasteiger partial charge in [0.1, 0.15) is 5.52 Å². The number of pyridine rings is 2. The molecule has 3 aromatic heterocycles. The van der Waals surface area contributed by atoms with E-state index in [-0.39, 0.29) is 0 Å². The van der Waals surface area contributed by atoms with Gasteiger partial charge < -0.3 is 0 Å². The quantitative estimate of drug-likeness (QED) is 0.259. The first kappa shape index (κ1) is 14.3. The molecule has 0 saturated heterocycles. The van der Waals surface area contributed by atoms with Crippen LogP contribution in [0.1, 0.15) is 17.8 Å². The van der Waals surface area contributed by atoms with Crippen molar-refractivity contribution in [1.29, 1.82) is 0 Å². The Labute approximate surface area is 154 Å². The van der Waals surface area contributed by atoms with Crippen LogP contribution in [0.2, 0.25) is 5.02 Å². The van der Waals surface area contributed by atoms with Crippen LogP contribution in [-0.4, -0.2) is 14.4 Å². The third-order valence-corrected chi connectivity index (χ3v) is 5.47. The number of nitrogens with zero attached hydrogens (tertiary/aromatic N) is 3. The highest BCUT2D eigenvalue weighted by molar-refractivity contribution is 6.32. The molecule has 6 rings (SSSR count). The number of fused-ring (bicyclic) bond motifs is 9. The van der Waals surface area contributed by atoms with Gasteiger partial charge in [-0.15, -0.1) is 0 Å². The number of imidazole rings is 1. The second-order valence-electron chi connectivity index (χ2n) is 6.78. The summed E-state index contributed by atoms with van der Waals surface area (Å²) in [5, 5.41) is 4.06. The van der Waals surface area contributed by atoms with Crippen LogP contribution in [0.4, 0.5) is 0 Å². The fourth-order valence-electron chi connectivity index (χ4n) is 4.06. The summed E-state index contributed by atoms with van der Waals surface area (Å²) in [5.74, 6) is 0. The zero-order valence-corrected chi connectivity index (χ0v) is 14.7. The molecule has 0 aliphatic heterocycles. The fourth-order valence-corrected chi connectivity index (χ4v) is 4.23. The Bertz CT molecular complexity index is 1400. The van der Waals surface area contributed by atoms with Gasteiger partial charge in [0.25, 0.3) is 0 Å². The van der Waals surface area contributed by atoms with Crippen LogP contribution < -0.4 is 0 Å². The third kappa shape index (κ3) is 1.84. The molecule has 0 N–H and O–H groups in total. The summed E-state index contributed by atoms with van der Waals surface area (Å²) in [6.45, 7) is 0. The van der Waals surface area contributed by atoms with Crippen molar-refractivity contribution in [2.24, 2.45) is 0 Å². The molecule has 0 atom stereocenters. The van der Waals surface area contributed by atoms with E-state index >= 15 is 0 Å². The van der Waals surface area contributed by atoms with Crippen molar-refractivity contribution in [1.82, 2.24) is 14.4 Å². The molecule has 0 amide bonds. The van der Waals surface area contributed by atoms with E-state index in [4.69, 9.17) is 21.6 Å². The molecule has 0 unspecified atom stereocenters. The summed E-state index contributed by atoms with van der Waals surface area (Å²) in [6, 6.07) is 16.5. The Morgan fingerprint density at radius 2 is 1.88 bits per heavy atom. The van der Waals surface area contributed by atoms with E-state index in [1.54, 1.807) is 0 Å². The van der Waals surface area contributed by atoms with Gasteiger partial charge >= 0.3 is 0 Å². The molecule has 1 aliphatic rings. The number of aromatic nitrogens is 3. The van der Waals surface area contributed by atoms with Gasteiger partial charge in [0, 0.05) is 21.2 Å². The Morgan fingerprint density at radius 3 is 2.85 bits per heavy atom. The number of halogens is 1. The van der Waals surface area contributed by atoms with Crippen LogP contribution in [0.15, 0.2) is 54.6 Å². The normalized spacial score (nSPS) is 13.9. The summed E-state index contributed by atoms with van der Waals surface area (Å²) in [4.78, 5) is 9.96. The third-order valence-electron chi connectivity index (χ3n) is 5.24. The van der Waals surface area contributed by atoms with Crippen molar-refractivity contribution in [2.45, 2.75) is 12.8 Å². The lowest BCUT2D eigenvalue weighted by atomic mass is 10.1. The zero-order chi connectivity index (χ0) is 17.3. The molecule has 124 valence electrons. The average molecular weight is 356 g/mol. The molecule has 2 aromatic carbocycles. The summed E-state index contributed by atoms with van der Waals surface area (Å²) >= 11 is 6.35. The average Bonchev–Trinajstić information content (AvgIpc) is 3.07. The van der Waals surface area contributed by atoms with Crippen LogP contribution in [0.5, 0.6) is 0 Å². The molecule has 26 heavy (non-hydrogen) atoms. The van der Waals surface area contributed by atoms with Crippen molar-refractivity contribution in [2.75, 3.05) is 0 Å². The minimum Gasteiger partial charge on any atom is -0.291 e. The Morgan fingerprint density at radius 1 is 0.962 bits per heavy atom. The van der Waals surface area contributed by atoms with Gasteiger partial charge in [-0.3, -0.25) is 4.40 Å². The zero-order valence-electron chi connectivity index (χ0n) is 13.9. The summed E-state index contributed by atoms with van der Waals surface area (Å²) in [6.07, 6.45) is 6.41. The number of rotatable bonds is 0. The highest BCUT2D eigenvalue weighted by Gasteiger charge is 2.19. The van der Waals surface area contributed by atoms with Gasteiger partial charge in [-0.05, 0) is 49.2 Å². The standard InChI is InChI=1S/C22H14ClN3/c23-14-9-10-19-15(12-14)16-11-13-5-1-2-6-17(13)24-21(16)22-25-18-7-3-4-8-20(18)26(19)22/h1-2,4-6,8-12H,3,7H2. The number of allylic oxidation sites excluding steroid dienone is 1. The van der Waals surface area contributed by atoms with Crippen molar-refractivity contribution in [3.05, 3.63) is 71.0 Å². The number of para-hydroxylation sites is 1. The Balaban J connectivity index is 1.95. The molecule has 0 saturated carbocycles. The Hall–Kier alpha value is -2.91. The lowest BCUT2D eigenvalue weighted by Crippen LogP contribution is -1.97. The smallest absolute Gasteiger partial charge is 0.164 e. The molecular weight excluding hydrogens is 342 g/mol. The number of benzene rings is 2. The molecular formula is C22H14ClN3. The first-order valence-corrected chi connectivity index (χ1v) is 9.16. The SMILES string of the molecule is Clc1ccc2c(c1)c1cc3ccccc3nc1c1nc3c(n21)C=CCC3. The van der Waals surface area contributed by atoms with Gasteiger partial charge in [-0.25, -0.2) is 9.97 Å². The van der Waals surface area contributed by atoms with Crippen LogP contribution in [-0.2, 0) is 6.42 Å². The van der Waals surface area contributed by atoms with Crippen LogP contribution >= 0.6 is 11.6 Å². The minimum absolute atomic E-state index is 0.732. The second-order valence-corrected chi connectivity index (χ2v) is 7.22. The molecule has 0 bridgehead atoms. The molecule has 3 nitrogen and oxygen atoms in total. The fraction of sp³-hybridized carbons (Fsp3) is 0.0909. The highest BCUT2D eigenvalue weighted by Crippen LogP contribution is 2.34. The second kappa shape index (κ2) is 5.05. The van der Waals surface area contributed by atoms with Crippen molar-refractivity contribution in [3.63, 3.8) is 0 Å². The molecule has 1 aliphatic carbocycles. The van der Waals surface area contributed by atoms with Gasteiger partial charge in [-0.1, -0.05) is 35.9 Å². The lowest BCUT2D eigenvalue weighted by Gasteiger charge is -2.11. The van der Waals surface area contributed by atoms with E-state index in [1.807, 2.05) is 24.3 Å². The van der Waals surface area contributed by atoms with E-state index in [0.29, 0.717) is 0 Å². The molecule has 4 heteroatoms. The summed E-state index contributed by atoms with van der Waals surface area (Å²) < 4.78 is 2.24. The first-order valence-electron chi connectivity index (χ1n) is 8.78. The number of hydrogen-bond acceptors (Lipinski definition) is 2. The van der Waals surface area contributed by atoms with Crippen LogP contribution in [0.25, 0.3) is 44.4 Å². The maximum absolute atomic E-state index is 6.35. The van der Waals surface area contributed by atoms with Gasteiger partial charge in [0.05, 0.1) is 22.4 Å².